The van der Waals surface area contributed by atoms with Gasteiger partial charge >= 0.3 is 5.97 Å². The van der Waals surface area contributed by atoms with Crippen LogP contribution < -0.4 is 10.3 Å². The summed E-state index contributed by atoms with van der Waals surface area (Å²) in [5, 5.41) is 9.44. The number of hydrogen-bond acceptors (Lipinski definition) is 4. The summed E-state index contributed by atoms with van der Waals surface area (Å²) in [6, 6.07) is 5.42. The van der Waals surface area contributed by atoms with E-state index in [0.29, 0.717) is 5.82 Å². The molecule has 0 unspecified atom stereocenters. The first kappa shape index (κ1) is 13.6. The molecular weight excluding hydrogens is 296 g/mol. The van der Waals surface area contributed by atoms with E-state index in [4.69, 9.17) is 21.4 Å². The molecule has 108 valence electrons. The van der Waals surface area contributed by atoms with Crippen molar-refractivity contribution >= 4 is 17.6 Å². The van der Waals surface area contributed by atoms with E-state index in [0.717, 1.165) is 12.8 Å². The molecule has 0 radical (unpaired) electrons. The predicted octanol–water partition coefficient (Wildman–Crippen LogP) is 2.79. The molecule has 0 aliphatic heterocycles. The van der Waals surface area contributed by atoms with E-state index in [1.54, 1.807) is 0 Å². The molecule has 1 aliphatic carbocycles. The zero-order valence-corrected chi connectivity index (χ0v) is 11.6. The number of aromatic amines is 1. The smallest absolute Gasteiger partial charge is 0.339 e. The monoisotopic (exact) mass is 306 g/mol. The third kappa shape index (κ3) is 3.05. The second-order valence-electron chi connectivity index (χ2n) is 4.79. The number of nitrogens with one attached hydrogen (secondary N) is 1. The van der Waals surface area contributed by atoms with Gasteiger partial charge in [0, 0.05) is 10.9 Å². The second-order valence-corrected chi connectivity index (χ2v) is 5.23. The molecule has 0 amide bonds. The van der Waals surface area contributed by atoms with E-state index in [9.17, 15) is 9.59 Å². The lowest BCUT2D eigenvalue weighted by Crippen LogP contribution is -2.11. The van der Waals surface area contributed by atoms with Crippen molar-refractivity contribution in [2.45, 2.75) is 18.8 Å². The molecule has 2 N–H and O–H groups in total. The highest BCUT2D eigenvalue weighted by atomic mass is 35.5. The Morgan fingerprint density at radius 2 is 2.14 bits per heavy atom. The number of hydrogen-bond donors (Lipinski definition) is 2. The fourth-order valence-electron chi connectivity index (χ4n) is 1.93. The Bertz CT molecular complexity index is 768. The molecule has 0 bridgehead atoms. The lowest BCUT2D eigenvalue weighted by molar-refractivity contribution is 0.0694. The number of rotatable bonds is 4. The van der Waals surface area contributed by atoms with Gasteiger partial charge in [-0.15, -0.1) is 0 Å². The van der Waals surface area contributed by atoms with Gasteiger partial charge in [0.05, 0.1) is 6.07 Å². The van der Waals surface area contributed by atoms with Crippen LogP contribution in [0.15, 0.2) is 29.1 Å². The standard InChI is InChI=1S/C14H11ClN2O4/c15-8-3-4-10(9(5-8)14(19)20)21-12-6-11(18)16-13(17-12)7-1-2-7/h3-7H,1-2H2,(H,19,20)(H,16,17,18). The van der Waals surface area contributed by atoms with Gasteiger partial charge in [0.2, 0.25) is 5.88 Å². The number of carboxylic acids is 1. The van der Waals surface area contributed by atoms with E-state index in [1.807, 2.05) is 0 Å². The van der Waals surface area contributed by atoms with Crippen LogP contribution in [-0.4, -0.2) is 21.0 Å². The Labute approximate surface area is 124 Å². The van der Waals surface area contributed by atoms with Crippen LogP contribution >= 0.6 is 11.6 Å². The number of carbonyl (C=O) groups is 1. The fourth-order valence-corrected chi connectivity index (χ4v) is 2.10. The molecule has 1 aromatic heterocycles. The largest absolute Gasteiger partial charge is 0.478 e. The number of nitrogens with zero attached hydrogens (tertiary/aromatic N) is 1. The maximum absolute atomic E-state index is 11.6. The van der Waals surface area contributed by atoms with Gasteiger partial charge in [-0.3, -0.25) is 4.79 Å². The summed E-state index contributed by atoms with van der Waals surface area (Å²) in [5.41, 5.74) is -0.412. The van der Waals surface area contributed by atoms with Crippen LogP contribution in [0.2, 0.25) is 5.02 Å². The zero-order valence-electron chi connectivity index (χ0n) is 10.8. The molecule has 0 spiro atoms. The first-order valence-corrected chi connectivity index (χ1v) is 6.72. The Morgan fingerprint density at radius 1 is 1.38 bits per heavy atom. The molecule has 3 rings (SSSR count). The van der Waals surface area contributed by atoms with Crippen molar-refractivity contribution in [3.8, 4) is 11.6 Å². The number of benzene rings is 1. The number of carboxylic acid groups (broad SMARTS) is 1. The van der Waals surface area contributed by atoms with Gasteiger partial charge in [-0.2, -0.15) is 4.98 Å². The van der Waals surface area contributed by atoms with Crippen LogP contribution in [0.4, 0.5) is 0 Å². The minimum Gasteiger partial charge on any atom is -0.478 e. The van der Waals surface area contributed by atoms with Gasteiger partial charge in [0.15, 0.2) is 0 Å². The lowest BCUT2D eigenvalue weighted by Gasteiger charge is -2.09. The summed E-state index contributed by atoms with van der Waals surface area (Å²) in [5.74, 6) is -0.175. The summed E-state index contributed by atoms with van der Waals surface area (Å²) < 4.78 is 5.45. The van der Waals surface area contributed by atoms with Crippen LogP contribution in [-0.2, 0) is 0 Å². The fraction of sp³-hybridized carbons (Fsp3) is 0.214. The maximum Gasteiger partial charge on any atom is 0.339 e. The van der Waals surface area contributed by atoms with Gasteiger partial charge < -0.3 is 14.8 Å². The molecule has 1 saturated carbocycles. The Balaban J connectivity index is 1.97. The first-order chi connectivity index (χ1) is 10.0. The van der Waals surface area contributed by atoms with E-state index in [1.165, 1.54) is 24.3 Å². The molecule has 0 atom stereocenters. The number of H-pyrrole nitrogens is 1. The molecule has 1 heterocycles. The molecule has 1 aliphatic rings. The van der Waals surface area contributed by atoms with Crippen molar-refractivity contribution in [3.05, 3.63) is 51.0 Å². The van der Waals surface area contributed by atoms with Crippen LogP contribution in [0.25, 0.3) is 0 Å². The summed E-state index contributed by atoms with van der Waals surface area (Å²) in [6.07, 6.45) is 1.96. The third-order valence-electron chi connectivity index (χ3n) is 3.09. The van der Waals surface area contributed by atoms with Gasteiger partial charge in [0.1, 0.15) is 17.1 Å². The summed E-state index contributed by atoms with van der Waals surface area (Å²) in [7, 11) is 0. The van der Waals surface area contributed by atoms with Gasteiger partial charge in [-0.25, -0.2) is 4.79 Å². The SMILES string of the molecule is O=C(O)c1cc(Cl)ccc1Oc1cc(=O)[nH]c(C2CC2)n1. The third-order valence-corrected chi connectivity index (χ3v) is 3.32. The van der Waals surface area contributed by atoms with E-state index < -0.39 is 5.97 Å². The Morgan fingerprint density at radius 3 is 2.81 bits per heavy atom. The van der Waals surface area contributed by atoms with E-state index in [-0.39, 0.29) is 33.7 Å². The number of ether oxygens (including phenoxy) is 1. The Hall–Kier alpha value is -2.34. The van der Waals surface area contributed by atoms with Crippen molar-refractivity contribution in [2.24, 2.45) is 0 Å². The maximum atomic E-state index is 11.6. The van der Waals surface area contributed by atoms with Crippen molar-refractivity contribution < 1.29 is 14.6 Å². The Kier molecular flexibility index (Phi) is 3.39. The normalized spacial score (nSPS) is 14.0. The molecular formula is C14H11ClN2O4. The first-order valence-electron chi connectivity index (χ1n) is 6.35. The highest BCUT2D eigenvalue weighted by molar-refractivity contribution is 6.31. The van der Waals surface area contributed by atoms with Gasteiger partial charge in [0.25, 0.3) is 5.56 Å². The average molecular weight is 307 g/mol. The van der Waals surface area contributed by atoms with Gasteiger partial charge in [-0.05, 0) is 31.0 Å². The number of halogens is 1. The molecule has 1 fully saturated rings. The molecule has 21 heavy (non-hydrogen) atoms. The highest BCUT2D eigenvalue weighted by Gasteiger charge is 2.26. The predicted molar refractivity (Wildman–Crippen MR) is 75.3 cm³/mol. The average Bonchev–Trinajstić information content (AvgIpc) is 3.24. The topological polar surface area (TPSA) is 92.3 Å². The summed E-state index contributed by atoms with van der Waals surface area (Å²) in [4.78, 5) is 29.7. The minimum absolute atomic E-state index is 0.0745. The van der Waals surface area contributed by atoms with Gasteiger partial charge in [-0.1, -0.05) is 11.6 Å². The minimum atomic E-state index is -1.17. The molecule has 1 aromatic carbocycles. The highest BCUT2D eigenvalue weighted by Crippen LogP contribution is 2.38. The van der Waals surface area contributed by atoms with E-state index >= 15 is 0 Å². The van der Waals surface area contributed by atoms with Crippen molar-refractivity contribution in [1.82, 2.24) is 9.97 Å². The number of aromatic nitrogens is 2. The zero-order chi connectivity index (χ0) is 15.0. The molecule has 7 heteroatoms. The van der Waals surface area contributed by atoms with Crippen LogP contribution in [0.5, 0.6) is 11.6 Å². The molecule has 6 nitrogen and oxygen atoms in total. The van der Waals surface area contributed by atoms with Crippen molar-refractivity contribution in [1.29, 1.82) is 0 Å². The molecule has 2 aromatic rings. The van der Waals surface area contributed by atoms with Crippen LogP contribution in [0.3, 0.4) is 0 Å². The summed E-state index contributed by atoms with van der Waals surface area (Å²) in [6.45, 7) is 0. The van der Waals surface area contributed by atoms with Crippen molar-refractivity contribution in [3.63, 3.8) is 0 Å². The number of aromatic carboxylic acids is 1. The summed E-state index contributed by atoms with van der Waals surface area (Å²) >= 11 is 5.77. The lowest BCUT2D eigenvalue weighted by atomic mass is 10.2. The van der Waals surface area contributed by atoms with Crippen LogP contribution in [0.1, 0.15) is 34.9 Å². The quantitative estimate of drug-likeness (QED) is 0.906. The van der Waals surface area contributed by atoms with E-state index in [2.05, 4.69) is 9.97 Å². The van der Waals surface area contributed by atoms with Crippen LogP contribution in [0, 0.1) is 0 Å². The molecule has 0 saturated heterocycles. The van der Waals surface area contributed by atoms with Crippen molar-refractivity contribution in [2.75, 3.05) is 0 Å². The second kappa shape index (κ2) is 5.21.